The monoisotopic (exact) mass is 587 g/mol. The number of carbonyl (C=O) groups excluding carboxylic acids is 4. The lowest BCUT2D eigenvalue weighted by molar-refractivity contribution is -0.148. The summed E-state index contributed by atoms with van der Waals surface area (Å²) >= 11 is 0. The number of alkyl carbamates (subject to hydrolysis) is 1. The first-order chi connectivity index (χ1) is 19.6. The van der Waals surface area contributed by atoms with Gasteiger partial charge in [-0.05, 0) is 39.2 Å². The Morgan fingerprint density at radius 1 is 1.07 bits per heavy atom. The average molecular weight is 588 g/mol. The van der Waals surface area contributed by atoms with E-state index in [0.29, 0.717) is 0 Å². The van der Waals surface area contributed by atoms with Crippen molar-refractivity contribution in [1.29, 1.82) is 0 Å². The van der Waals surface area contributed by atoms with Crippen LogP contribution in [0.3, 0.4) is 0 Å². The zero-order valence-electron chi connectivity index (χ0n) is 25.2. The van der Waals surface area contributed by atoms with Crippen molar-refractivity contribution < 1.29 is 28.7 Å². The zero-order chi connectivity index (χ0) is 31.6. The Balaban J connectivity index is 2.49. The minimum Gasteiger partial charge on any atom is -0.467 e. The van der Waals surface area contributed by atoms with Crippen LogP contribution in [0.4, 0.5) is 4.79 Å². The molecule has 0 aliphatic carbocycles. The third-order valence-corrected chi connectivity index (χ3v) is 6.21. The molecule has 13 heteroatoms. The summed E-state index contributed by atoms with van der Waals surface area (Å²) in [7, 11) is 1.22. The number of hydrogen-bond acceptors (Lipinski definition) is 8. The Labute approximate surface area is 244 Å². The van der Waals surface area contributed by atoms with Gasteiger partial charge in [0.25, 0.3) is 5.56 Å². The van der Waals surface area contributed by atoms with E-state index in [-0.39, 0.29) is 31.0 Å². The molecule has 0 aliphatic heterocycles. The highest BCUT2D eigenvalue weighted by Gasteiger charge is 2.34. The molecule has 3 N–H and O–H groups in total. The number of ether oxygens (including phenoxy) is 2. The molecule has 0 saturated carbocycles. The van der Waals surface area contributed by atoms with Gasteiger partial charge in [-0.15, -0.1) is 0 Å². The van der Waals surface area contributed by atoms with Gasteiger partial charge in [-0.2, -0.15) is 0 Å². The molecule has 0 saturated heterocycles. The maximum absolute atomic E-state index is 13.8. The number of benzene rings is 1. The largest absolute Gasteiger partial charge is 0.467 e. The van der Waals surface area contributed by atoms with Crippen molar-refractivity contribution in [2.75, 3.05) is 20.2 Å². The molecule has 1 aromatic carbocycles. The van der Waals surface area contributed by atoms with Crippen LogP contribution in [0.2, 0.25) is 0 Å². The van der Waals surface area contributed by atoms with Gasteiger partial charge in [-0.25, -0.2) is 14.4 Å². The fourth-order valence-electron chi connectivity index (χ4n) is 4.08. The molecular formula is C29H41N5O8. The van der Waals surface area contributed by atoms with E-state index in [1.165, 1.54) is 25.1 Å². The topological polar surface area (TPSA) is 169 Å². The number of nitrogens with zero attached hydrogens (tertiary/aromatic N) is 2. The van der Waals surface area contributed by atoms with Crippen molar-refractivity contribution in [3.63, 3.8) is 0 Å². The first-order valence-electron chi connectivity index (χ1n) is 13.6. The van der Waals surface area contributed by atoms with Crippen molar-refractivity contribution >= 4 is 23.9 Å². The molecule has 1 heterocycles. The van der Waals surface area contributed by atoms with Gasteiger partial charge >= 0.3 is 17.8 Å². The van der Waals surface area contributed by atoms with Crippen LogP contribution >= 0.6 is 0 Å². The number of nitrogens with one attached hydrogen (secondary N) is 3. The molecule has 3 amide bonds. The van der Waals surface area contributed by atoms with Gasteiger partial charge in [-0.3, -0.25) is 23.9 Å². The number of esters is 1. The summed E-state index contributed by atoms with van der Waals surface area (Å²) in [5, 5.41) is 5.29. The third-order valence-electron chi connectivity index (χ3n) is 6.21. The molecule has 0 spiro atoms. The second-order valence-electron chi connectivity index (χ2n) is 11.2. The van der Waals surface area contributed by atoms with Crippen LogP contribution in [-0.2, 0) is 36.8 Å². The van der Waals surface area contributed by atoms with Gasteiger partial charge in [0.2, 0.25) is 11.8 Å². The second-order valence-corrected chi connectivity index (χ2v) is 11.2. The van der Waals surface area contributed by atoms with E-state index in [1.807, 2.05) is 6.07 Å². The number of rotatable bonds is 12. The first kappa shape index (κ1) is 33.8. The normalized spacial score (nSPS) is 12.7. The highest BCUT2D eigenvalue weighted by Crippen LogP contribution is 2.14. The Morgan fingerprint density at radius 2 is 1.71 bits per heavy atom. The van der Waals surface area contributed by atoms with Crippen LogP contribution < -0.4 is 21.9 Å². The summed E-state index contributed by atoms with van der Waals surface area (Å²) in [5.41, 5.74) is -1.17. The third kappa shape index (κ3) is 10.2. The predicted molar refractivity (Wildman–Crippen MR) is 155 cm³/mol. The molecule has 2 aromatic rings. The van der Waals surface area contributed by atoms with Gasteiger partial charge in [-0.1, -0.05) is 44.2 Å². The van der Waals surface area contributed by atoms with Crippen LogP contribution in [0.15, 0.2) is 46.1 Å². The fourth-order valence-corrected chi connectivity index (χ4v) is 4.08. The number of methoxy groups -OCH3 is 1. The number of carbonyl (C=O) groups is 4. The van der Waals surface area contributed by atoms with E-state index in [2.05, 4.69) is 15.6 Å². The maximum Gasteiger partial charge on any atom is 0.407 e. The van der Waals surface area contributed by atoms with Crippen LogP contribution in [0.25, 0.3) is 0 Å². The molecule has 13 nitrogen and oxygen atoms in total. The summed E-state index contributed by atoms with van der Waals surface area (Å²) in [5.74, 6) is -2.22. The molecule has 0 bridgehead atoms. The zero-order valence-corrected chi connectivity index (χ0v) is 25.2. The fraction of sp³-hybridized carbons (Fsp3) is 0.517. The molecule has 2 atom stereocenters. The lowest BCUT2D eigenvalue weighted by Gasteiger charge is -2.33. The molecular weight excluding hydrogens is 546 g/mol. The highest BCUT2D eigenvalue weighted by molar-refractivity contribution is 5.91. The van der Waals surface area contributed by atoms with Crippen LogP contribution in [0, 0.1) is 12.8 Å². The molecule has 42 heavy (non-hydrogen) atoms. The summed E-state index contributed by atoms with van der Waals surface area (Å²) in [6, 6.07) is 6.83. The van der Waals surface area contributed by atoms with Crippen molar-refractivity contribution in [1.82, 2.24) is 25.1 Å². The van der Waals surface area contributed by atoms with E-state index in [4.69, 9.17) is 9.47 Å². The predicted octanol–water partition coefficient (Wildman–Crippen LogP) is 1.12. The van der Waals surface area contributed by atoms with Gasteiger partial charge in [0.15, 0.2) is 0 Å². The van der Waals surface area contributed by atoms with Gasteiger partial charge in [0.05, 0.1) is 7.11 Å². The SMILES string of the molecule is COC(=O)[C@@H](NC(=O)[C@@H](Cc1ccccc1)N(CCNC(=O)OC(C)(C)C)C(=O)Cn1cc(C)c(=O)[nH]c1=O)C(C)C. The van der Waals surface area contributed by atoms with Crippen molar-refractivity contribution in [3.8, 4) is 0 Å². The lowest BCUT2D eigenvalue weighted by Crippen LogP contribution is -2.57. The van der Waals surface area contributed by atoms with Crippen molar-refractivity contribution in [2.24, 2.45) is 5.92 Å². The minimum atomic E-state index is -1.15. The number of aromatic nitrogens is 2. The Bertz CT molecular complexity index is 1360. The maximum atomic E-state index is 13.8. The quantitative estimate of drug-likeness (QED) is 0.311. The van der Waals surface area contributed by atoms with Crippen LogP contribution in [0.5, 0.6) is 0 Å². The number of aromatic amines is 1. The van der Waals surface area contributed by atoms with Gasteiger partial charge < -0.3 is 25.0 Å². The van der Waals surface area contributed by atoms with Gasteiger partial charge in [0, 0.05) is 31.3 Å². The summed E-state index contributed by atoms with van der Waals surface area (Å²) in [6.45, 7) is 9.39. The molecule has 230 valence electrons. The second kappa shape index (κ2) is 15.0. The average Bonchev–Trinajstić information content (AvgIpc) is 2.90. The summed E-state index contributed by atoms with van der Waals surface area (Å²) < 4.78 is 11.2. The van der Waals surface area contributed by atoms with Crippen molar-refractivity contribution in [3.05, 3.63) is 68.5 Å². The number of hydrogen-bond donors (Lipinski definition) is 3. The van der Waals surface area contributed by atoms with Crippen molar-refractivity contribution in [2.45, 2.75) is 72.2 Å². The summed E-state index contributed by atoms with van der Waals surface area (Å²) in [6.07, 6.45) is 0.613. The summed E-state index contributed by atoms with van der Waals surface area (Å²) in [4.78, 5) is 80.0. The molecule has 2 rings (SSSR count). The Kier molecular flexibility index (Phi) is 12.1. The molecule has 1 aromatic heterocycles. The first-order valence-corrected chi connectivity index (χ1v) is 13.6. The molecule has 0 radical (unpaired) electrons. The number of aryl methyl sites for hydroxylation is 1. The molecule has 0 fully saturated rings. The standard InChI is InChI=1S/C29H41N5O8/c1-18(2)23(26(38)41-7)31-25(37)21(15-20-11-9-8-10-12-20)34(14-13-30-28(40)42-29(4,5)6)22(35)17-33-16-19(3)24(36)32-27(33)39/h8-12,16,18,21,23H,13-15,17H2,1-7H3,(H,30,40)(H,31,37)(H,32,36,39)/t21-,23+/m1/s1. The van der Waals surface area contributed by atoms with Crippen LogP contribution in [0.1, 0.15) is 45.7 Å². The Hall–Kier alpha value is -4.42. The van der Waals surface area contributed by atoms with Gasteiger partial charge in [0.1, 0.15) is 24.2 Å². The number of amides is 3. The highest BCUT2D eigenvalue weighted by atomic mass is 16.6. The smallest absolute Gasteiger partial charge is 0.407 e. The van der Waals surface area contributed by atoms with E-state index < -0.39 is 59.4 Å². The Morgan fingerprint density at radius 3 is 2.29 bits per heavy atom. The number of H-pyrrole nitrogens is 1. The molecule has 0 aliphatic rings. The van der Waals surface area contributed by atoms with E-state index in [1.54, 1.807) is 58.9 Å². The van der Waals surface area contributed by atoms with E-state index in [9.17, 15) is 28.8 Å². The van der Waals surface area contributed by atoms with E-state index >= 15 is 0 Å². The van der Waals surface area contributed by atoms with E-state index in [0.717, 1.165) is 10.1 Å². The lowest BCUT2D eigenvalue weighted by atomic mass is 10.0. The minimum absolute atomic E-state index is 0.0659. The molecule has 0 unspecified atom stereocenters. The van der Waals surface area contributed by atoms with Crippen LogP contribution in [-0.4, -0.2) is 76.2 Å².